The molecule has 4 rings (SSSR count). The number of pyridine rings is 2. The van der Waals surface area contributed by atoms with E-state index < -0.39 is 0 Å². The molecule has 0 aliphatic heterocycles. The molecule has 0 saturated heterocycles. The van der Waals surface area contributed by atoms with Gasteiger partial charge in [-0.1, -0.05) is 12.1 Å². The summed E-state index contributed by atoms with van der Waals surface area (Å²) in [6.07, 6.45) is 6.48. The fourth-order valence-electron chi connectivity index (χ4n) is 2.84. The third kappa shape index (κ3) is 2.33. The molecule has 104 valence electrons. The van der Waals surface area contributed by atoms with Crippen LogP contribution in [0.2, 0.25) is 0 Å². The van der Waals surface area contributed by atoms with Gasteiger partial charge in [0.2, 0.25) is 5.89 Å². The number of hydrogen-bond acceptors (Lipinski definition) is 4. The maximum atomic E-state index is 5.94. The van der Waals surface area contributed by atoms with Gasteiger partial charge in [-0.2, -0.15) is 0 Å². The number of rotatable bonds is 2. The second-order valence-electron chi connectivity index (χ2n) is 5.30. The molecule has 0 radical (unpaired) electrons. The predicted molar refractivity (Wildman–Crippen MR) is 78.7 cm³/mol. The van der Waals surface area contributed by atoms with E-state index in [1.807, 2.05) is 36.5 Å². The Hall–Kier alpha value is -2.49. The van der Waals surface area contributed by atoms with Crippen LogP contribution >= 0.6 is 0 Å². The summed E-state index contributed by atoms with van der Waals surface area (Å²) >= 11 is 0. The molecule has 0 aromatic carbocycles. The van der Waals surface area contributed by atoms with Crippen molar-refractivity contribution in [3.63, 3.8) is 0 Å². The van der Waals surface area contributed by atoms with Crippen molar-refractivity contribution in [3.05, 3.63) is 65.9 Å². The normalized spacial score (nSPS) is 17.4. The fraction of sp³-hybridized carbons (Fsp3) is 0.235. The summed E-state index contributed by atoms with van der Waals surface area (Å²) in [5.74, 6) is 2.03. The van der Waals surface area contributed by atoms with Gasteiger partial charge in [-0.15, -0.1) is 0 Å². The molecule has 4 nitrogen and oxygen atoms in total. The van der Waals surface area contributed by atoms with Gasteiger partial charge >= 0.3 is 0 Å². The highest BCUT2D eigenvalue weighted by Gasteiger charge is 2.26. The number of hydrogen-bond donors (Lipinski definition) is 0. The van der Waals surface area contributed by atoms with E-state index in [1.54, 1.807) is 6.20 Å². The largest absolute Gasteiger partial charge is 0.440 e. The van der Waals surface area contributed by atoms with Crippen molar-refractivity contribution in [1.29, 1.82) is 0 Å². The maximum absolute atomic E-state index is 5.94. The quantitative estimate of drug-likeness (QED) is 0.720. The number of nitrogens with zero attached hydrogens (tertiary/aromatic N) is 3. The summed E-state index contributed by atoms with van der Waals surface area (Å²) in [6, 6.07) is 11.8. The average molecular weight is 277 g/mol. The zero-order chi connectivity index (χ0) is 14.1. The molecule has 3 aromatic rings. The Balaban J connectivity index is 1.63. The van der Waals surface area contributed by atoms with Crippen LogP contribution in [0.3, 0.4) is 0 Å². The van der Waals surface area contributed by atoms with Gasteiger partial charge in [-0.25, -0.2) is 4.98 Å². The number of aromatic nitrogens is 3. The summed E-state index contributed by atoms with van der Waals surface area (Å²) in [5.41, 5.74) is 3.00. The van der Waals surface area contributed by atoms with Gasteiger partial charge in [-0.3, -0.25) is 9.97 Å². The van der Waals surface area contributed by atoms with Crippen LogP contribution in [-0.2, 0) is 12.8 Å². The molecule has 0 saturated carbocycles. The molecule has 1 unspecified atom stereocenters. The summed E-state index contributed by atoms with van der Waals surface area (Å²) in [4.78, 5) is 13.4. The van der Waals surface area contributed by atoms with Crippen LogP contribution in [0.5, 0.6) is 0 Å². The van der Waals surface area contributed by atoms with E-state index in [1.165, 1.54) is 0 Å². The Labute approximate surface area is 122 Å². The molecule has 1 aliphatic carbocycles. The molecule has 0 fully saturated rings. The van der Waals surface area contributed by atoms with Crippen LogP contribution in [0, 0.1) is 0 Å². The lowest BCUT2D eigenvalue weighted by Crippen LogP contribution is -2.12. The van der Waals surface area contributed by atoms with E-state index in [9.17, 15) is 0 Å². The first-order chi connectivity index (χ1) is 10.4. The first-order valence-electron chi connectivity index (χ1n) is 7.21. The van der Waals surface area contributed by atoms with Crippen molar-refractivity contribution in [2.24, 2.45) is 0 Å². The van der Waals surface area contributed by atoms with E-state index in [-0.39, 0.29) is 0 Å². The Bertz CT molecular complexity index is 737. The molecule has 4 heteroatoms. The number of fused-ring (bicyclic) bond motifs is 1. The van der Waals surface area contributed by atoms with Crippen LogP contribution in [-0.4, -0.2) is 15.0 Å². The van der Waals surface area contributed by atoms with Crippen LogP contribution in [0.4, 0.5) is 0 Å². The third-order valence-corrected chi connectivity index (χ3v) is 3.93. The second kappa shape index (κ2) is 5.13. The van der Waals surface area contributed by atoms with E-state index in [4.69, 9.17) is 4.42 Å². The van der Waals surface area contributed by atoms with Gasteiger partial charge in [0, 0.05) is 30.4 Å². The van der Waals surface area contributed by atoms with Gasteiger partial charge in [0.1, 0.15) is 11.5 Å². The van der Waals surface area contributed by atoms with Crippen molar-refractivity contribution in [1.82, 2.24) is 15.0 Å². The summed E-state index contributed by atoms with van der Waals surface area (Å²) in [6.45, 7) is 0. The van der Waals surface area contributed by atoms with Gasteiger partial charge in [-0.05, 0) is 37.1 Å². The molecule has 0 bridgehead atoms. The van der Waals surface area contributed by atoms with E-state index in [0.717, 1.165) is 42.1 Å². The minimum atomic E-state index is 0.420. The summed E-state index contributed by atoms with van der Waals surface area (Å²) < 4.78 is 5.94. The minimum Gasteiger partial charge on any atom is -0.440 e. The Morgan fingerprint density at radius 1 is 1.00 bits per heavy atom. The zero-order valence-electron chi connectivity index (χ0n) is 11.6. The van der Waals surface area contributed by atoms with Crippen LogP contribution in [0.25, 0.3) is 11.6 Å². The van der Waals surface area contributed by atoms with Gasteiger partial charge in [0.05, 0.1) is 5.69 Å². The fourth-order valence-corrected chi connectivity index (χ4v) is 2.84. The topological polar surface area (TPSA) is 51.8 Å². The standard InChI is InChI=1S/C17H15N3O/c1-3-9-18-13(5-1)12-7-8-14-16(11-12)21-17(20-14)15-6-2-4-10-19-15/h1-6,9-10,12H,7-8,11H2. The lowest BCUT2D eigenvalue weighted by molar-refractivity contribution is 0.453. The van der Waals surface area contributed by atoms with E-state index >= 15 is 0 Å². The summed E-state index contributed by atoms with van der Waals surface area (Å²) in [7, 11) is 0. The molecule has 0 amide bonds. The molecule has 0 N–H and O–H groups in total. The van der Waals surface area contributed by atoms with Crippen molar-refractivity contribution in [2.75, 3.05) is 0 Å². The van der Waals surface area contributed by atoms with E-state index in [2.05, 4.69) is 21.0 Å². The van der Waals surface area contributed by atoms with Crippen molar-refractivity contribution in [2.45, 2.75) is 25.2 Å². The van der Waals surface area contributed by atoms with Crippen LogP contribution in [0.1, 0.15) is 29.5 Å². The van der Waals surface area contributed by atoms with Crippen molar-refractivity contribution in [3.8, 4) is 11.6 Å². The zero-order valence-corrected chi connectivity index (χ0v) is 11.6. The van der Waals surface area contributed by atoms with E-state index in [0.29, 0.717) is 11.8 Å². The molecule has 1 aliphatic rings. The van der Waals surface area contributed by atoms with Crippen LogP contribution < -0.4 is 0 Å². The second-order valence-corrected chi connectivity index (χ2v) is 5.30. The lowest BCUT2D eigenvalue weighted by atomic mass is 9.88. The van der Waals surface area contributed by atoms with Gasteiger partial charge in [0.15, 0.2) is 0 Å². The summed E-state index contributed by atoms with van der Waals surface area (Å²) in [5, 5.41) is 0. The van der Waals surface area contributed by atoms with Crippen molar-refractivity contribution < 1.29 is 4.42 Å². The smallest absolute Gasteiger partial charge is 0.245 e. The SMILES string of the molecule is c1ccc(-c2nc3c(o2)CC(c2ccccn2)CC3)nc1. The molecule has 3 heterocycles. The highest BCUT2D eigenvalue weighted by atomic mass is 16.4. The number of aryl methyl sites for hydroxylation is 1. The third-order valence-electron chi connectivity index (χ3n) is 3.93. The van der Waals surface area contributed by atoms with Gasteiger partial charge < -0.3 is 4.42 Å². The lowest BCUT2D eigenvalue weighted by Gasteiger charge is -2.19. The average Bonchev–Trinajstić information content (AvgIpc) is 2.99. The molecular weight excluding hydrogens is 262 g/mol. The molecular formula is C17H15N3O. The number of oxazole rings is 1. The highest BCUT2D eigenvalue weighted by molar-refractivity contribution is 5.47. The van der Waals surface area contributed by atoms with Gasteiger partial charge in [0.25, 0.3) is 0 Å². The molecule has 3 aromatic heterocycles. The molecule has 21 heavy (non-hydrogen) atoms. The minimum absolute atomic E-state index is 0.420. The monoisotopic (exact) mass is 277 g/mol. The van der Waals surface area contributed by atoms with Crippen molar-refractivity contribution >= 4 is 0 Å². The van der Waals surface area contributed by atoms with Crippen LogP contribution in [0.15, 0.2) is 53.2 Å². The highest BCUT2D eigenvalue weighted by Crippen LogP contribution is 2.33. The predicted octanol–water partition coefficient (Wildman–Crippen LogP) is 3.40. The Kier molecular flexibility index (Phi) is 2.99. The Morgan fingerprint density at radius 2 is 1.86 bits per heavy atom. The molecule has 1 atom stereocenters. The molecule has 0 spiro atoms. The first-order valence-corrected chi connectivity index (χ1v) is 7.21. The first kappa shape index (κ1) is 12.3. The Morgan fingerprint density at radius 3 is 2.62 bits per heavy atom. The maximum Gasteiger partial charge on any atom is 0.245 e.